The normalized spacial score (nSPS) is 13.6. The van der Waals surface area contributed by atoms with Crippen molar-refractivity contribution < 1.29 is 14.4 Å². The molecule has 0 atom stereocenters. The van der Waals surface area contributed by atoms with Crippen molar-refractivity contribution in [2.75, 3.05) is 13.7 Å². The van der Waals surface area contributed by atoms with Crippen LogP contribution in [-0.2, 0) is 6.42 Å². The Bertz CT molecular complexity index is 454. The van der Waals surface area contributed by atoms with Crippen LogP contribution in [0.4, 0.5) is 0 Å². The minimum atomic E-state index is -0.491. The Morgan fingerprint density at radius 2 is 2.38 bits per heavy atom. The number of hydrogen-bond donors (Lipinski definition) is 0. The lowest BCUT2D eigenvalue weighted by Gasteiger charge is -2.08. The van der Waals surface area contributed by atoms with E-state index in [0.29, 0.717) is 12.4 Å². The molecule has 0 amide bonds. The van der Waals surface area contributed by atoms with Crippen LogP contribution in [0.3, 0.4) is 0 Å². The number of benzene rings is 1. The fourth-order valence-corrected chi connectivity index (χ4v) is 1.78. The smallest absolute Gasteiger partial charge is 0.235 e. The highest BCUT2D eigenvalue weighted by Crippen LogP contribution is 2.35. The van der Waals surface area contributed by atoms with Gasteiger partial charge in [0.25, 0.3) is 0 Å². The van der Waals surface area contributed by atoms with E-state index in [2.05, 4.69) is 0 Å². The zero-order chi connectivity index (χ0) is 11.5. The summed E-state index contributed by atoms with van der Waals surface area (Å²) in [5.41, 5.74) is 1.70. The summed E-state index contributed by atoms with van der Waals surface area (Å²) in [6, 6.07) is 3.58. The van der Waals surface area contributed by atoms with E-state index in [1.165, 1.54) is 6.08 Å². The molecule has 2 rings (SSSR count). The van der Waals surface area contributed by atoms with Gasteiger partial charge < -0.3 is 9.47 Å². The first-order valence-electron chi connectivity index (χ1n) is 4.86. The molecule has 16 heavy (non-hydrogen) atoms. The van der Waals surface area contributed by atoms with Crippen molar-refractivity contribution in [3.05, 3.63) is 39.6 Å². The summed E-state index contributed by atoms with van der Waals surface area (Å²) in [7, 11) is 1.54. The number of methoxy groups -OCH3 is 1. The van der Waals surface area contributed by atoms with Crippen molar-refractivity contribution in [3.63, 3.8) is 0 Å². The van der Waals surface area contributed by atoms with Crippen LogP contribution in [0, 0.1) is 10.1 Å². The number of hydrogen-bond acceptors (Lipinski definition) is 4. The Morgan fingerprint density at radius 1 is 1.56 bits per heavy atom. The topological polar surface area (TPSA) is 61.6 Å². The van der Waals surface area contributed by atoms with Crippen molar-refractivity contribution in [2.45, 2.75) is 6.42 Å². The maximum Gasteiger partial charge on any atom is 0.235 e. The monoisotopic (exact) mass is 221 g/mol. The third kappa shape index (κ3) is 1.84. The number of nitrogens with zero attached hydrogens (tertiary/aromatic N) is 1. The molecular formula is C11H11NO4. The van der Waals surface area contributed by atoms with Crippen LogP contribution < -0.4 is 9.47 Å². The third-order valence-corrected chi connectivity index (χ3v) is 2.47. The molecule has 84 valence electrons. The van der Waals surface area contributed by atoms with Crippen molar-refractivity contribution >= 4 is 6.08 Å². The van der Waals surface area contributed by atoms with E-state index in [9.17, 15) is 10.1 Å². The van der Waals surface area contributed by atoms with Crippen molar-refractivity contribution in [2.24, 2.45) is 0 Å². The largest absolute Gasteiger partial charge is 0.496 e. The Balaban J connectivity index is 2.47. The lowest BCUT2D eigenvalue weighted by atomic mass is 10.0. The van der Waals surface area contributed by atoms with Gasteiger partial charge in [0.15, 0.2) is 0 Å². The van der Waals surface area contributed by atoms with Gasteiger partial charge >= 0.3 is 0 Å². The fraction of sp³-hybridized carbons (Fsp3) is 0.273. The molecule has 1 heterocycles. The van der Waals surface area contributed by atoms with E-state index in [-0.39, 0.29) is 0 Å². The van der Waals surface area contributed by atoms with E-state index in [1.807, 2.05) is 6.07 Å². The van der Waals surface area contributed by atoms with Gasteiger partial charge in [-0.05, 0) is 12.1 Å². The van der Waals surface area contributed by atoms with Crippen molar-refractivity contribution in [3.8, 4) is 11.5 Å². The first kappa shape index (κ1) is 10.5. The molecule has 5 nitrogen and oxygen atoms in total. The molecule has 0 aromatic heterocycles. The van der Waals surface area contributed by atoms with E-state index >= 15 is 0 Å². The molecule has 1 aliphatic heterocycles. The second-order valence-electron chi connectivity index (χ2n) is 3.36. The summed E-state index contributed by atoms with van der Waals surface area (Å²) in [5.74, 6) is 1.41. The van der Waals surface area contributed by atoms with Gasteiger partial charge in [-0.2, -0.15) is 0 Å². The number of nitro groups is 1. The van der Waals surface area contributed by atoms with Crippen LogP contribution in [0.15, 0.2) is 18.3 Å². The molecule has 0 spiro atoms. The number of fused-ring (bicyclic) bond motifs is 1. The maximum absolute atomic E-state index is 10.3. The van der Waals surface area contributed by atoms with Gasteiger partial charge in [-0.1, -0.05) is 0 Å². The van der Waals surface area contributed by atoms with Gasteiger partial charge in [-0.3, -0.25) is 10.1 Å². The van der Waals surface area contributed by atoms with Crippen LogP contribution in [0.25, 0.3) is 6.08 Å². The summed E-state index contributed by atoms with van der Waals surface area (Å²) < 4.78 is 10.6. The molecule has 0 saturated heterocycles. The van der Waals surface area contributed by atoms with Crippen LogP contribution in [0.2, 0.25) is 0 Å². The highest BCUT2D eigenvalue weighted by molar-refractivity contribution is 5.65. The second kappa shape index (κ2) is 4.22. The molecule has 0 aliphatic carbocycles. The van der Waals surface area contributed by atoms with Crippen LogP contribution in [0.5, 0.6) is 11.5 Å². The minimum absolute atomic E-state index is 0.491. The maximum atomic E-state index is 10.3. The molecule has 0 unspecified atom stereocenters. The molecule has 1 aliphatic rings. The minimum Gasteiger partial charge on any atom is -0.496 e. The average Bonchev–Trinajstić information content (AvgIpc) is 2.73. The molecule has 0 N–H and O–H groups in total. The lowest BCUT2D eigenvalue weighted by Crippen LogP contribution is -1.92. The fourth-order valence-electron chi connectivity index (χ4n) is 1.78. The van der Waals surface area contributed by atoms with Crippen molar-refractivity contribution in [1.82, 2.24) is 0 Å². The number of ether oxygens (including phenoxy) is 2. The van der Waals surface area contributed by atoms with E-state index < -0.39 is 4.92 Å². The first-order valence-corrected chi connectivity index (χ1v) is 4.86. The van der Waals surface area contributed by atoms with Crippen LogP contribution in [-0.4, -0.2) is 18.6 Å². The second-order valence-corrected chi connectivity index (χ2v) is 3.36. The van der Waals surface area contributed by atoms with Gasteiger partial charge in [-0.25, -0.2) is 0 Å². The van der Waals surface area contributed by atoms with Crippen LogP contribution in [0.1, 0.15) is 11.1 Å². The quantitative estimate of drug-likeness (QED) is 0.577. The number of rotatable bonds is 3. The average molecular weight is 221 g/mol. The summed E-state index contributed by atoms with van der Waals surface area (Å²) in [6.07, 6.45) is 3.12. The zero-order valence-corrected chi connectivity index (χ0v) is 8.80. The molecule has 0 radical (unpaired) electrons. The lowest BCUT2D eigenvalue weighted by molar-refractivity contribution is -0.400. The Morgan fingerprint density at radius 3 is 3.06 bits per heavy atom. The summed E-state index contributed by atoms with van der Waals surface area (Å²) in [6.45, 7) is 0.613. The SMILES string of the molecule is COc1ccc2c(c1C=C[N+](=O)[O-])CCO2. The molecule has 0 bridgehead atoms. The van der Waals surface area contributed by atoms with Crippen molar-refractivity contribution in [1.29, 1.82) is 0 Å². The predicted molar refractivity (Wildman–Crippen MR) is 58.2 cm³/mol. The standard InChI is InChI=1S/C11H11NO4/c1-15-10-2-3-11-9(5-7-16-11)8(10)4-6-12(13)14/h2-4,6H,5,7H2,1H3. The molecule has 1 aromatic rings. The zero-order valence-electron chi connectivity index (χ0n) is 8.80. The van der Waals surface area contributed by atoms with E-state index in [1.54, 1.807) is 13.2 Å². The van der Waals surface area contributed by atoms with Gasteiger partial charge in [0.2, 0.25) is 6.20 Å². The van der Waals surface area contributed by atoms with Gasteiger partial charge in [-0.15, -0.1) is 0 Å². The Kier molecular flexibility index (Phi) is 2.76. The third-order valence-electron chi connectivity index (χ3n) is 2.47. The van der Waals surface area contributed by atoms with Gasteiger partial charge in [0, 0.05) is 23.6 Å². The summed E-state index contributed by atoms with van der Waals surface area (Å²) in [5, 5.41) is 10.3. The summed E-state index contributed by atoms with van der Waals surface area (Å²) in [4.78, 5) is 9.83. The molecule has 5 heteroatoms. The van der Waals surface area contributed by atoms with E-state index in [4.69, 9.17) is 9.47 Å². The van der Waals surface area contributed by atoms with Crippen LogP contribution >= 0.6 is 0 Å². The summed E-state index contributed by atoms with van der Waals surface area (Å²) >= 11 is 0. The predicted octanol–water partition coefficient (Wildman–Crippen LogP) is 1.88. The molecule has 0 saturated carbocycles. The molecule has 1 aromatic carbocycles. The van der Waals surface area contributed by atoms with Gasteiger partial charge in [0.05, 0.1) is 18.6 Å². The highest BCUT2D eigenvalue weighted by Gasteiger charge is 2.18. The highest BCUT2D eigenvalue weighted by atomic mass is 16.6. The van der Waals surface area contributed by atoms with E-state index in [0.717, 1.165) is 29.5 Å². The Labute approximate surface area is 92.4 Å². The molecule has 0 fully saturated rings. The van der Waals surface area contributed by atoms with Gasteiger partial charge in [0.1, 0.15) is 11.5 Å². The molecular weight excluding hydrogens is 210 g/mol. The first-order chi connectivity index (χ1) is 7.72. The Hall–Kier alpha value is -2.04.